The molecule has 5 nitrogen and oxygen atoms in total. The largest absolute Gasteiger partial charge is 0.342 e. The minimum atomic E-state index is -4.24. The van der Waals surface area contributed by atoms with Gasteiger partial charge in [0.05, 0.1) is 6.54 Å². The molecule has 0 saturated heterocycles. The lowest BCUT2D eigenvalue weighted by atomic mass is 10.2. The Kier molecular flexibility index (Phi) is 7.35. The van der Waals surface area contributed by atoms with Crippen LogP contribution in [-0.2, 0) is 21.4 Å². The van der Waals surface area contributed by atoms with Crippen LogP contribution in [0.15, 0.2) is 53.4 Å². The number of carbonyl (C=O) groups is 1. The molecule has 0 aliphatic carbocycles. The topological polar surface area (TPSA) is 57.7 Å². The van der Waals surface area contributed by atoms with Gasteiger partial charge in [-0.2, -0.15) is 4.31 Å². The molecule has 8 heteroatoms. The average Bonchev–Trinajstić information content (AvgIpc) is 2.64. The summed E-state index contributed by atoms with van der Waals surface area (Å²) >= 11 is 6.16. The van der Waals surface area contributed by atoms with Gasteiger partial charge in [0.1, 0.15) is 10.7 Å². The molecule has 0 atom stereocenters. The Morgan fingerprint density at radius 1 is 1.04 bits per heavy atom. The van der Waals surface area contributed by atoms with Crippen LogP contribution < -0.4 is 0 Å². The second-order valence-corrected chi connectivity index (χ2v) is 8.17. The van der Waals surface area contributed by atoms with Crippen LogP contribution in [0.5, 0.6) is 0 Å². The van der Waals surface area contributed by atoms with Crippen molar-refractivity contribution in [2.45, 2.75) is 25.3 Å². The molecule has 2 rings (SSSR count). The number of sulfonamides is 1. The van der Waals surface area contributed by atoms with E-state index in [9.17, 15) is 17.6 Å². The van der Waals surface area contributed by atoms with Crippen LogP contribution in [0.25, 0.3) is 0 Å². The summed E-state index contributed by atoms with van der Waals surface area (Å²) in [4.78, 5) is 13.6. The Labute approximate surface area is 164 Å². The van der Waals surface area contributed by atoms with Crippen molar-refractivity contribution in [1.82, 2.24) is 9.21 Å². The minimum Gasteiger partial charge on any atom is -0.342 e. The van der Waals surface area contributed by atoms with Crippen LogP contribution in [0.4, 0.5) is 4.39 Å². The Hall–Kier alpha value is -1.96. The van der Waals surface area contributed by atoms with Crippen molar-refractivity contribution in [2.75, 3.05) is 19.6 Å². The summed E-state index contributed by atoms with van der Waals surface area (Å²) < 4.78 is 41.3. The van der Waals surface area contributed by atoms with Gasteiger partial charge in [0.15, 0.2) is 0 Å². The van der Waals surface area contributed by atoms with Crippen molar-refractivity contribution < 1.29 is 17.6 Å². The second kappa shape index (κ2) is 9.30. The molecule has 0 unspecified atom stereocenters. The molecular formula is C19H22ClFN2O3S. The molecular weight excluding hydrogens is 391 g/mol. The maximum absolute atomic E-state index is 14.2. The standard InChI is InChI=1S/C19H22ClFN2O3S/c1-3-22(4-2)19(24)14-23(13-15-9-5-6-10-16(15)20)27(25,26)18-12-8-7-11-17(18)21/h5-12H,3-4,13-14H2,1-2H3. The van der Waals surface area contributed by atoms with Crippen molar-refractivity contribution in [3.63, 3.8) is 0 Å². The number of nitrogens with zero attached hydrogens (tertiary/aromatic N) is 2. The van der Waals surface area contributed by atoms with Crippen molar-refractivity contribution in [3.8, 4) is 0 Å². The van der Waals surface area contributed by atoms with Crippen molar-refractivity contribution in [2.24, 2.45) is 0 Å². The molecule has 0 aliphatic rings. The maximum atomic E-state index is 14.2. The van der Waals surface area contributed by atoms with E-state index in [4.69, 9.17) is 11.6 Å². The summed E-state index contributed by atoms with van der Waals surface area (Å²) in [7, 11) is -4.24. The van der Waals surface area contributed by atoms with Crippen LogP contribution in [0.2, 0.25) is 5.02 Å². The Bertz CT molecular complexity index is 901. The fourth-order valence-corrected chi connectivity index (χ4v) is 4.29. The third-order valence-electron chi connectivity index (χ3n) is 4.19. The van der Waals surface area contributed by atoms with E-state index in [-0.39, 0.29) is 12.5 Å². The summed E-state index contributed by atoms with van der Waals surface area (Å²) in [5.74, 6) is -1.22. The summed E-state index contributed by atoms with van der Waals surface area (Å²) in [6.45, 7) is 3.99. The highest BCUT2D eigenvalue weighted by Crippen LogP contribution is 2.24. The highest BCUT2D eigenvalue weighted by atomic mass is 35.5. The molecule has 0 spiro atoms. The number of likely N-dealkylation sites (N-methyl/N-ethyl adjacent to an activating group) is 1. The van der Waals surface area contributed by atoms with Gasteiger partial charge >= 0.3 is 0 Å². The van der Waals surface area contributed by atoms with Crippen LogP contribution in [0, 0.1) is 5.82 Å². The van der Waals surface area contributed by atoms with Crippen LogP contribution >= 0.6 is 11.6 Å². The quantitative estimate of drug-likeness (QED) is 0.666. The molecule has 0 aliphatic heterocycles. The molecule has 2 aromatic rings. The SMILES string of the molecule is CCN(CC)C(=O)CN(Cc1ccccc1Cl)S(=O)(=O)c1ccccc1F. The van der Waals surface area contributed by atoms with Crippen molar-refractivity contribution >= 4 is 27.5 Å². The summed E-state index contributed by atoms with van der Waals surface area (Å²) in [5.41, 5.74) is 0.534. The highest BCUT2D eigenvalue weighted by molar-refractivity contribution is 7.89. The normalized spacial score (nSPS) is 11.6. The summed E-state index contributed by atoms with van der Waals surface area (Å²) in [6.07, 6.45) is 0. The first-order chi connectivity index (χ1) is 12.8. The number of benzene rings is 2. The highest BCUT2D eigenvalue weighted by Gasteiger charge is 2.30. The number of carbonyl (C=O) groups excluding carboxylic acids is 1. The zero-order valence-electron chi connectivity index (χ0n) is 15.2. The molecule has 0 fully saturated rings. The predicted octanol–water partition coefficient (Wildman–Crippen LogP) is 3.54. The van der Waals surface area contributed by atoms with Crippen molar-refractivity contribution in [3.05, 3.63) is 64.9 Å². The van der Waals surface area contributed by atoms with Gasteiger partial charge in [-0.05, 0) is 37.6 Å². The van der Waals surface area contributed by atoms with Gasteiger partial charge in [-0.15, -0.1) is 0 Å². The third kappa shape index (κ3) is 5.06. The van der Waals surface area contributed by atoms with Gasteiger partial charge in [0, 0.05) is 24.7 Å². The molecule has 1 amide bonds. The predicted molar refractivity (Wildman–Crippen MR) is 103 cm³/mol. The first-order valence-electron chi connectivity index (χ1n) is 8.57. The summed E-state index contributed by atoms with van der Waals surface area (Å²) in [5, 5.41) is 0.376. The molecule has 0 aromatic heterocycles. The lowest BCUT2D eigenvalue weighted by Crippen LogP contribution is -2.42. The fraction of sp³-hybridized carbons (Fsp3) is 0.316. The molecule has 27 heavy (non-hydrogen) atoms. The molecule has 146 valence electrons. The lowest BCUT2D eigenvalue weighted by molar-refractivity contribution is -0.131. The number of halogens is 2. The Morgan fingerprint density at radius 3 is 2.22 bits per heavy atom. The third-order valence-corrected chi connectivity index (χ3v) is 6.38. The zero-order valence-corrected chi connectivity index (χ0v) is 16.8. The molecule has 0 bridgehead atoms. The van der Waals surface area contributed by atoms with E-state index in [0.717, 1.165) is 10.4 Å². The summed E-state index contributed by atoms with van der Waals surface area (Å²) in [6, 6.07) is 11.9. The van der Waals surface area contributed by atoms with E-state index in [0.29, 0.717) is 23.7 Å². The first kappa shape index (κ1) is 21.3. The van der Waals surface area contributed by atoms with Crippen molar-refractivity contribution in [1.29, 1.82) is 0 Å². The van der Waals surface area contributed by atoms with E-state index < -0.39 is 27.3 Å². The Balaban J connectivity index is 2.44. The number of hydrogen-bond acceptors (Lipinski definition) is 3. The monoisotopic (exact) mass is 412 g/mol. The number of rotatable bonds is 8. The molecule has 0 heterocycles. The van der Waals surface area contributed by atoms with E-state index >= 15 is 0 Å². The smallest absolute Gasteiger partial charge is 0.246 e. The fourth-order valence-electron chi connectivity index (χ4n) is 2.66. The van der Waals surface area contributed by atoms with Gasteiger partial charge in [0.2, 0.25) is 15.9 Å². The lowest BCUT2D eigenvalue weighted by Gasteiger charge is -2.26. The number of amides is 1. The van der Waals surface area contributed by atoms with Gasteiger partial charge in [0.25, 0.3) is 0 Å². The van der Waals surface area contributed by atoms with Crippen LogP contribution in [-0.4, -0.2) is 43.2 Å². The van der Waals surface area contributed by atoms with E-state index in [1.54, 1.807) is 24.3 Å². The van der Waals surface area contributed by atoms with E-state index in [1.165, 1.54) is 23.1 Å². The molecule has 0 N–H and O–H groups in total. The van der Waals surface area contributed by atoms with Gasteiger partial charge in [-0.3, -0.25) is 4.79 Å². The second-order valence-electron chi connectivity index (χ2n) is 5.86. The average molecular weight is 413 g/mol. The van der Waals surface area contributed by atoms with Crippen LogP contribution in [0.3, 0.4) is 0 Å². The van der Waals surface area contributed by atoms with Gasteiger partial charge in [-0.25, -0.2) is 12.8 Å². The van der Waals surface area contributed by atoms with E-state index in [2.05, 4.69) is 0 Å². The van der Waals surface area contributed by atoms with E-state index in [1.807, 2.05) is 13.8 Å². The Morgan fingerprint density at radius 2 is 1.63 bits per heavy atom. The molecule has 2 aromatic carbocycles. The van der Waals surface area contributed by atoms with Gasteiger partial charge < -0.3 is 4.90 Å². The first-order valence-corrected chi connectivity index (χ1v) is 10.4. The van der Waals surface area contributed by atoms with Crippen LogP contribution in [0.1, 0.15) is 19.4 Å². The maximum Gasteiger partial charge on any atom is 0.246 e. The molecule has 0 radical (unpaired) electrons. The number of hydrogen-bond donors (Lipinski definition) is 0. The minimum absolute atomic E-state index is 0.136. The van der Waals surface area contributed by atoms with Gasteiger partial charge in [-0.1, -0.05) is 41.9 Å². The molecule has 0 saturated carbocycles. The zero-order chi connectivity index (χ0) is 20.0.